The molecule has 0 amide bonds. The van der Waals surface area contributed by atoms with Crippen molar-refractivity contribution in [1.29, 1.82) is 0 Å². The summed E-state index contributed by atoms with van der Waals surface area (Å²) in [6.07, 6.45) is 1.96. The smallest absolute Gasteiger partial charge is 0.0721 e. The average molecular weight is 254 g/mol. The molecule has 0 bridgehead atoms. The topological polar surface area (TPSA) is 0 Å². The largest absolute Gasteiger partial charge is 0.141 e. The van der Waals surface area contributed by atoms with Crippen LogP contribution in [0.5, 0.6) is 0 Å². The minimum atomic E-state index is 0.435. The molecule has 1 fully saturated rings. The minimum Gasteiger partial charge on any atom is -0.141 e. The lowest BCUT2D eigenvalue weighted by Crippen LogP contribution is -1.94. The Kier molecular flexibility index (Phi) is 3.75. The van der Waals surface area contributed by atoms with Crippen LogP contribution in [0.1, 0.15) is 6.92 Å². The van der Waals surface area contributed by atoms with E-state index in [-0.39, 0.29) is 0 Å². The summed E-state index contributed by atoms with van der Waals surface area (Å²) in [5.74, 6) is 2.26. The standard InChI is InChI=1S/C12H14S3/c1-3-8-13-10-6-4-5-7-11(10)15-12(2)9-14-12/h3-7H,1,8-9H2,2H3. The van der Waals surface area contributed by atoms with Gasteiger partial charge in [0.15, 0.2) is 0 Å². The van der Waals surface area contributed by atoms with E-state index >= 15 is 0 Å². The van der Waals surface area contributed by atoms with E-state index in [2.05, 4.69) is 37.8 Å². The van der Waals surface area contributed by atoms with Crippen molar-refractivity contribution in [3.05, 3.63) is 36.9 Å². The third-order valence-corrected chi connectivity index (χ3v) is 6.35. The quantitative estimate of drug-likeness (QED) is 0.431. The van der Waals surface area contributed by atoms with Crippen LogP contribution in [0.15, 0.2) is 46.7 Å². The van der Waals surface area contributed by atoms with Gasteiger partial charge in [-0.1, -0.05) is 18.2 Å². The van der Waals surface area contributed by atoms with Crippen LogP contribution < -0.4 is 0 Å². The van der Waals surface area contributed by atoms with E-state index in [0.29, 0.717) is 4.08 Å². The fourth-order valence-electron chi connectivity index (χ4n) is 1.20. The van der Waals surface area contributed by atoms with Crippen LogP contribution in [0.4, 0.5) is 0 Å². The summed E-state index contributed by atoms with van der Waals surface area (Å²) in [5, 5.41) is 0. The minimum absolute atomic E-state index is 0.435. The van der Waals surface area contributed by atoms with Gasteiger partial charge in [0.05, 0.1) is 4.08 Å². The van der Waals surface area contributed by atoms with Crippen molar-refractivity contribution < 1.29 is 0 Å². The molecule has 15 heavy (non-hydrogen) atoms. The zero-order chi connectivity index (χ0) is 10.7. The second kappa shape index (κ2) is 4.89. The van der Waals surface area contributed by atoms with Crippen LogP contribution in [0.2, 0.25) is 0 Å². The molecule has 1 aromatic carbocycles. The van der Waals surface area contributed by atoms with Gasteiger partial charge < -0.3 is 0 Å². The molecule has 1 atom stereocenters. The van der Waals surface area contributed by atoms with E-state index < -0.39 is 0 Å². The molecule has 1 aliphatic rings. The maximum atomic E-state index is 3.76. The van der Waals surface area contributed by atoms with Crippen molar-refractivity contribution >= 4 is 35.3 Å². The molecule has 0 radical (unpaired) electrons. The van der Waals surface area contributed by atoms with E-state index in [1.165, 1.54) is 15.5 Å². The third kappa shape index (κ3) is 3.23. The number of thioether (sulfide) groups is 3. The van der Waals surface area contributed by atoms with Crippen molar-refractivity contribution in [2.45, 2.75) is 20.8 Å². The first kappa shape index (κ1) is 11.5. The second-order valence-corrected chi connectivity index (χ2v) is 7.91. The summed E-state index contributed by atoms with van der Waals surface area (Å²) < 4.78 is 0.435. The molecule has 2 rings (SSSR count). The predicted octanol–water partition coefficient (Wildman–Crippen LogP) is 4.52. The summed E-state index contributed by atoms with van der Waals surface area (Å²) >= 11 is 5.90. The highest BCUT2D eigenvalue weighted by Gasteiger charge is 2.40. The Morgan fingerprint density at radius 1 is 1.47 bits per heavy atom. The first-order chi connectivity index (χ1) is 7.23. The van der Waals surface area contributed by atoms with E-state index in [9.17, 15) is 0 Å². The van der Waals surface area contributed by atoms with Gasteiger partial charge in [-0.3, -0.25) is 0 Å². The Bertz CT molecular complexity index is 356. The number of benzene rings is 1. The van der Waals surface area contributed by atoms with Crippen molar-refractivity contribution in [3.63, 3.8) is 0 Å². The fourth-order valence-corrected chi connectivity index (χ4v) is 4.08. The molecule has 0 saturated carbocycles. The fraction of sp³-hybridized carbons (Fsp3) is 0.333. The summed E-state index contributed by atoms with van der Waals surface area (Å²) in [6, 6.07) is 8.65. The Morgan fingerprint density at radius 2 is 2.13 bits per heavy atom. The number of rotatable bonds is 5. The van der Waals surface area contributed by atoms with Gasteiger partial charge >= 0.3 is 0 Å². The Labute approximate surface area is 104 Å². The van der Waals surface area contributed by atoms with Gasteiger partial charge in [0.1, 0.15) is 0 Å². The SMILES string of the molecule is C=CCSc1ccccc1SC1(C)CS1. The van der Waals surface area contributed by atoms with Gasteiger partial charge in [0, 0.05) is 21.3 Å². The maximum Gasteiger partial charge on any atom is 0.0721 e. The molecule has 1 unspecified atom stereocenters. The van der Waals surface area contributed by atoms with Gasteiger partial charge in [-0.25, -0.2) is 0 Å². The zero-order valence-electron chi connectivity index (χ0n) is 8.73. The summed E-state index contributed by atoms with van der Waals surface area (Å²) in [5.41, 5.74) is 0. The summed E-state index contributed by atoms with van der Waals surface area (Å²) in [7, 11) is 0. The number of hydrogen-bond donors (Lipinski definition) is 0. The normalized spacial score (nSPS) is 23.8. The van der Waals surface area contributed by atoms with Crippen LogP contribution in [-0.4, -0.2) is 15.6 Å². The molecule has 0 aliphatic carbocycles. The van der Waals surface area contributed by atoms with Gasteiger partial charge in [-0.2, -0.15) is 0 Å². The lowest BCUT2D eigenvalue weighted by atomic mass is 10.4. The van der Waals surface area contributed by atoms with Gasteiger partial charge in [0.25, 0.3) is 0 Å². The molecule has 1 aromatic rings. The summed E-state index contributed by atoms with van der Waals surface area (Å²) in [6.45, 7) is 6.08. The van der Waals surface area contributed by atoms with Gasteiger partial charge in [-0.05, 0) is 19.1 Å². The van der Waals surface area contributed by atoms with Crippen molar-refractivity contribution in [2.75, 3.05) is 11.5 Å². The lowest BCUT2D eigenvalue weighted by Gasteiger charge is -2.10. The molecule has 0 nitrogen and oxygen atoms in total. The van der Waals surface area contributed by atoms with E-state index in [0.717, 1.165) is 5.75 Å². The van der Waals surface area contributed by atoms with Crippen LogP contribution in [0, 0.1) is 0 Å². The average Bonchev–Trinajstić information content (AvgIpc) is 2.95. The molecule has 1 aliphatic heterocycles. The highest BCUT2D eigenvalue weighted by atomic mass is 32.2. The van der Waals surface area contributed by atoms with Gasteiger partial charge in [0.2, 0.25) is 0 Å². The maximum absolute atomic E-state index is 3.76. The van der Waals surface area contributed by atoms with Crippen LogP contribution in [0.25, 0.3) is 0 Å². The molecule has 0 aromatic heterocycles. The predicted molar refractivity (Wildman–Crippen MR) is 74.1 cm³/mol. The van der Waals surface area contributed by atoms with Crippen molar-refractivity contribution in [3.8, 4) is 0 Å². The molecule has 80 valence electrons. The van der Waals surface area contributed by atoms with Crippen LogP contribution >= 0.6 is 35.3 Å². The number of hydrogen-bond acceptors (Lipinski definition) is 3. The van der Waals surface area contributed by atoms with E-state index in [1.807, 2.05) is 41.4 Å². The van der Waals surface area contributed by atoms with Crippen LogP contribution in [-0.2, 0) is 0 Å². The zero-order valence-corrected chi connectivity index (χ0v) is 11.2. The third-order valence-electron chi connectivity index (χ3n) is 2.08. The molecule has 1 heterocycles. The molecular formula is C12H14S3. The Balaban J connectivity index is 2.10. The molecule has 3 heteroatoms. The molecular weight excluding hydrogens is 240 g/mol. The highest BCUT2D eigenvalue weighted by molar-refractivity contribution is 8.24. The molecule has 0 N–H and O–H groups in total. The molecule has 1 saturated heterocycles. The molecule has 0 spiro atoms. The Morgan fingerprint density at radius 3 is 2.73 bits per heavy atom. The van der Waals surface area contributed by atoms with E-state index in [4.69, 9.17) is 0 Å². The Hall–Kier alpha value is 0.01000. The first-order valence-corrected chi connectivity index (χ1v) is 7.68. The van der Waals surface area contributed by atoms with Crippen LogP contribution in [0.3, 0.4) is 0 Å². The highest BCUT2D eigenvalue weighted by Crippen LogP contribution is 2.56. The monoisotopic (exact) mass is 254 g/mol. The van der Waals surface area contributed by atoms with Crippen molar-refractivity contribution in [2.24, 2.45) is 0 Å². The summed E-state index contributed by atoms with van der Waals surface area (Å²) in [4.78, 5) is 2.80. The van der Waals surface area contributed by atoms with Gasteiger partial charge in [-0.15, -0.1) is 41.9 Å². The first-order valence-electron chi connectivity index (χ1n) is 4.89. The van der Waals surface area contributed by atoms with E-state index in [1.54, 1.807) is 0 Å². The lowest BCUT2D eigenvalue weighted by molar-refractivity contribution is 1.13. The second-order valence-electron chi connectivity index (χ2n) is 3.57. The van der Waals surface area contributed by atoms with Crippen molar-refractivity contribution in [1.82, 2.24) is 0 Å².